The fraction of sp³-hybridized carbons (Fsp3) is 0.263. The van der Waals surface area contributed by atoms with Gasteiger partial charge in [0.15, 0.2) is 6.61 Å². The van der Waals surface area contributed by atoms with Gasteiger partial charge < -0.3 is 15.4 Å². The smallest absolute Gasteiger partial charge is 0.271 e. The molecule has 0 bridgehead atoms. The maximum atomic E-state index is 12.1. The molecule has 2 rings (SSSR count). The maximum Gasteiger partial charge on any atom is 0.271 e. The van der Waals surface area contributed by atoms with Gasteiger partial charge in [0, 0.05) is 29.3 Å². The molecule has 0 saturated heterocycles. The van der Waals surface area contributed by atoms with Crippen LogP contribution >= 0.6 is 11.6 Å². The number of hydrogen-bond acceptors (Lipinski definition) is 5. The number of halogens is 1. The summed E-state index contributed by atoms with van der Waals surface area (Å²) >= 11 is 5.95. The van der Waals surface area contributed by atoms with E-state index in [2.05, 4.69) is 10.6 Å². The van der Waals surface area contributed by atoms with Crippen molar-refractivity contribution in [1.82, 2.24) is 0 Å². The third-order valence-corrected chi connectivity index (χ3v) is 3.91. The number of rotatable bonds is 6. The first-order valence-electron chi connectivity index (χ1n) is 8.34. The monoisotopic (exact) mass is 405 g/mol. The quantitative estimate of drug-likeness (QED) is 0.551. The number of amides is 2. The summed E-state index contributed by atoms with van der Waals surface area (Å²) in [5.41, 5.74) is -0.0768. The van der Waals surface area contributed by atoms with Gasteiger partial charge in [-0.2, -0.15) is 0 Å². The van der Waals surface area contributed by atoms with E-state index < -0.39 is 16.2 Å². The van der Waals surface area contributed by atoms with E-state index in [1.807, 2.05) is 0 Å². The second kappa shape index (κ2) is 8.71. The lowest BCUT2D eigenvalue weighted by molar-refractivity contribution is -0.384. The minimum Gasteiger partial charge on any atom is -0.484 e. The highest BCUT2D eigenvalue weighted by atomic mass is 35.5. The van der Waals surface area contributed by atoms with Gasteiger partial charge in [-0.3, -0.25) is 19.7 Å². The van der Waals surface area contributed by atoms with Gasteiger partial charge in [0.05, 0.1) is 15.6 Å². The standard InChI is InChI=1S/C19H20ClN3O5/c1-19(2,3)18(25)21-12-5-4-6-14(9-12)28-11-17(24)22-16-10-13(23(26)27)7-8-15(16)20/h4-10H,11H2,1-3H3,(H,21,25)(H,22,24). The Labute approximate surface area is 167 Å². The van der Waals surface area contributed by atoms with E-state index in [1.54, 1.807) is 45.0 Å². The number of nitro groups is 1. The first-order chi connectivity index (χ1) is 13.1. The predicted octanol–water partition coefficient (Wildman–Crippen LogP) is 4.25. The molecule has 0 heterocycles. The van der Waals surface area contributed by atoms with Crippen molar-refractivity contribution < 1.29 is 19.2 Å². The maximum absolute atomic E-state index is 12.1. The number of nitrogens with one attached hydrogen (secondary N) is 2. The second-order valence-corrected chi connectivity index (χ2v) is 7.40. The Morgan fingerprint density at radius 3 is 2.50 bits per heavy atom. The van der Waals surface area contributed by atoms with Gasteiger partial charge in [-0.05, 0) is 18.2 Å². The Morgan fingerprint density at radius 2 is 1.86 bits per heavy atom. The number of benzene rings is 2. The van der Waals surface area contributed by atoms with Gasteiger partial charge in [-0.25, -0.2) is 0 Å². The summed E-state index contributed by atoms with van der Waals surface area (Å²) in [6.45, 7) is 5.06. The number of carbonyl (C=O) groups excluding carboxylic acids is 2. The SMILES string of the molecule is CC(C)(C)C(=O)Nc1cccc(OCC(=O)Nc2cc([N+](=O)[O-])ccc2Cl)c1. The molecule has 2 aromatic carbocycles. The lowest BCUT2D eigenvalue weighted by atomic mass is 9.95. The summed E-state index contributed by atoms with van der Waals surface area (Å²) < 4.78 is 5.43. The number of anilines is 2. The molecule has 0 aliphatic rings. The number of non-ortho nitro benzene ring substituents is 1. The molecule has 0 spiro atoms. The van der Waals surface area contributed by atoms with E-state index in [-0.39, 0.29) is 28.9 Å². The molecule has 0 saturated carbocycles. The van der Waals surface area contributed by atoms with Crippen molar-refractivity contribution in [2.24, 2.45) is 5.41 Å². The Morgan fingerprint density at radius 1 is 1.14 bits per heavy atom. The normalized spacial score (nSPS) is 10.9. The Hall–Kier alpha value is -3.13. The molecule has 2 aromatic rings. The number of nitro benzene ring substituents is 1. The molecule has 0 atom stereocenters. The van der Waals surface area contributed by atoms with Gasteiger partial charge in [0.2, 0.25) is 5.91 Å². The highest BCUT2D eigenvalue weighted by Gasteiger charge is 2.21. The summed E-state index contributed by atoms with van der Waals surface area (Å²) in [4.78, 5) is 34.4. The van der Waals surface area contributed by atoms with Crippen LogP contribution in [0.15, 0.2) is 42.5 Å². The molecule has 0 fully saturated rings. The van der Waals surface area contributed by atoms with E-state index in [1.165, 1.54) is 18.2 Å². The summed E-state index contributed by atoms with van der Waals surface area (Å²) in [6, 6.07) is 10.4. The average Bonchev–Trinajstić information content (AvgIpc) is 2.61. The zero-order valence-corrected chi connectivity index (χ0v) is 16.4. The van der Waals surface area contributed by atoms with Crippen LogP contribution in [0.4, 0.5) is 17.1 Å². The topological polar surface area (TPSA) is 111 Å². The summed E-state index contributed by atoms with van der Waals surface area (Å²) in [6.07, 6.45) is 0. The van der Waals surface area contributed by atoms with Gasteiger partial charge in [-0.1, -0.05) is 38.4 Å². The second-order valence-electron chi connectivity index (χ2n) is 6.99. The van der Waals surface area contributed by atoms with Crippen LogP contribution in [0.25, 0.3) is 0 Å². The number of carbonyl (C=O) groups is 2. The van der Waals surface area contributed by atoms with Crippen LogP contribution in [0, 0.1) is 15.5 Å². The van der Waals surface area contributed by atoms with Crippen molar-refractivity contribution in [2.45, 2.75) is 20.8 Å². The molecule has 28 heavy (non-hydrogen) atoms. The van der Waals surface area contributed by atoms with Gasteiger partial charge in [0.25, 0.3) is 11.6 Å². The Kier molecular flexibility index (Phi) is 6.58. The lowest BCUT2D eigenvalue weighted by Gasteiger charge is -2.18. The van der Waals surface area contributed by atoms with Crippen LogP contribution in [-0.4, -0.2) is 23.3 Å². The molecule has 0 aromatic heterocycles. The molecular weight excluding hydrogens is 386 g/mol. The fourth-order valence-electron chi connectivity index (χ4n) is 2.04. The predicted molar refractivity (Wildman–Crippen MR) is 107 cm³/mol. The first kappa shape index (κ1) is 21.2. The zero-order chi connectivity index (χ0) is 20.9. The van der Waals surface area contributed by atoms with Crippen molar-refractivity contribution >= 4 is 40.5 Å². The Balaban J connectivity index is 1.98. The molecule has 2 N–H and O–H groups in total. The summed E-state index contributed by atoms with van der Waals surface area (Å²) in [5.74, 6) is -0.304. The molecule has 0 radical (unpaired) electrons. The number of hydrogen-bond donors (Lipinski definition) is 2. The van der Waals surface area contributed by atoms with Crippen molar-refractivity contribution in [1.29, 1.82) is 0 Å². The van der Waals surface area contributed by atoms with E-state index in [4.69, 9.17) is 16.3 Å². The van der Waals surface area contributed by atoms with Crippen LogP contribution in [0.2, 0.25) is 5.02 Å². The summed E-state index contributed by atoms with van der Waals surface area (Å²) in [7, 11) is 0. The number of ether oxygens (including phenoxy) is 1. The molecular formula is C19H20ClN3O5. The van der Waals surface area contributed by atoms with Crippen LogP contribution in [0.5, 0.6) is 5.75 Å². The molecule has 8 nitrogen and oxygen atoms in total. The van der Waals surface area contributed by atoms with E-state index in [9.17, 15) is 19.7 Å². The van der Waals surface area contributed by atoms with Crippen LogP contribution in [0.3, 0.4) is 0 Å². The first-order valence-corrected chi connectivity index (χ1v) is 8.72. The van der Waals surface area contributed by atoms with E-state index in [0.717, 1.165) is 0 Å². The van der Waals surface area contributed by atoms with Crippen LogP contribution in [-0.2, 0) is 9.59 Å². The third-order valence-electron chi connectivity index (χ3n) is 3.58. The minimum atomic E-state index is -0.583. The molecule has 9 heteroatoms. The van der Waals surface area contributed by atoms with Crippen LogP contribution < -0.4 is 15.4 Å². The van der Waals surface area contributed by atoms with E-state index >= 15 is 0 Å². The molecule has 148 valence electrons. The lowest BCUT2D eigenvalue weighted by Crippen LogP contribution is -2.27. The van der Waals surface area contributed by atoms with Gasteiger partial charge in [-0.15, -0.1) is 0 Å². The third kappa shape index (κ3) is 5.95. The molecule has 0 unspecified atom stereocenters. The minimum absolute atomic E-state index is 0.121. The molecule has 0 aliphatic heterocycles. The van der Waals surface area contributed by atoms with E-state index in [0.29, 0.717) is 11.4 Å². The van der Waals surface area contributed by atoms with Crippen molar-refractivity contribution in [3.63, 3.8) is 0 Å². The zero-order valence-electron chi connectivity index (χ0n) is 15.6. The van der Waals surface area contributed by atoms with Gasteiger partial charge in [0.1, 0.15) is 5.75 Å². The molecule has 2 amide bonds. The highest BCUT2D eigenvalue weighted by molar-refractivity contribution is 6.33. The fourth-order valence-corrected chi connectivity index (χ4v) is 2.20. The Bertz CT molecular complexity index is 909. The van der Waals surface area contributed by atoms with Crippen molar-refractivity contribution in [3.8, 4) is 5.75 Å². The summed E-state index contributed by atoms with van der Waals surface area (Å²) in [5, 5.41) is 16.2. The average molecular weight is 406 g/mol. The van der Waals surface area contributed by atoms with Gasteiger partial charge >= 0.3 is 0 Å². The number of nitrogens with zero attached hydrogens (tertiary/aromatic N) is 1. The molecule has 0 aliphatic carbocycles. The largest absolute Gasteiger partial charge is 0.484 e. The van der Waals surface area contributed by atoms with Crippen molar-refractivity contribution in [3.05, 3.63) is 57.6 Å². The highest BCUT2D eigenvalue weighted by Crippen LogP contribution is 2.27. The van der Waals surface area contributed by atoms with Crippen molar-refractivity contribution in [2.75, 3.05) is 17.2 Å². The van der Waals surface area contributed by atoms with Crippen LogP contribution in [0.1, 0.15) is 20.8 Å².